The highest BCUT2D eigenvalue weighted by molar-refractivity contribution is 6.29. The summed E-state index contributed by atoms with van der Waals surface area (Å²) in [7, 11) is 0. The monoisotopic (exact) mass is 210 g/mol. The molecule has 0 fully saturated rings. The lowest BCUT2D eigenvalue weighted by molar-refractivity contribution is 0.121. The fraction of sp³-hybridized carbons (Fsp3) is 0.400. The van der Waals surface area contributed by atoms with E-state index in [4.69, 9.17) is 22.8 Å². The van der Waals surface area contributed by atoms with Crippen LogP contribution < -0.4 is 0 Å². The van der Waals surface area contributed by atoms with Crippen LogP contribution in [0, 0.1) is 19.3 Å². The Morgan fingerprint density at radius 1 is 1.57 bits per heavy atom. The molecule has 0 saturated carbocycles. The minimum atomic E-state index is 0.350. The Bertz CT molecular complexity index is 326. The van der Waals surface area contributed by atoms with Crippen molar-refractivity contribution in [1.29, 1.82) is 0 Å². The van der Waals surface area contributed by atoms with Gasteiger partial charge in [-0.1, -0.05) is 11.6 Å². The van der Waals surface area contributed by atoms with Crippen molar-refractivity contribution in [3.63, 3.8) is 0 Å². The molecular formula is C10H11ClN2O. The molecule has 0 bridgehead atoms. The van der Waals surface area contributed by atoms with E-state index in [1.807, 2.05) is 6.92 Å². The second kappa shape index (κ2) is 5.58. The normalized spacial score (nSPS) is 9.79. The lowest BCUT2D eigenvalue weighted by Gasteiger charge is -2.02. The number of nitrogens with zero attached hydrogens (tertiary/aromatic N) is 2. The van der Waals surface area contributed by atoms with E-state index in [1.165, 1.54) is 0 Å². The molecule has 0 aliphatic carbocycles. The molecule has 3 nitrogen and oxygen atoms in total. The van der Waals surface area contributed by atoms with Gasteiger partial charge in [0.25, 0.3) is 0 Å². The number of aromatic nitrogens is 2. The Balaban J connectivity index is 2.47. The molecule has 0 radical (unpaired) electrons. The topological polar surface area (TPSA) is 35.0 Å². The Morgan fingerprint density at radius 3 is 3.00 bits per heavy atom. The Hall–Kier alpha value is -1.11. The van der Waals surface area contributed by atoms with E-state index < -0.39 is 0 Å². The molecule has 0 unspecified atom stereocenters. The van der Waals surface area contributed by atoms with Gasteiger partial charge in [-0.15, -0.1) is 12.3 Å². The third-order valence-electron chi connectivity index (χ3n) is 1.49. The van der Waals surface area contributed by atoms with E-state index in [9.17, 15) is 0 Å². The zero-order chi connectivity index (χ0) is 10.4. The maximum Gasteiger partial charge on any atom is 0.155 e. The van der Waals surface area contributed by atoms with Crippen LogP contribution in [0.4, 0.5) is 0 Å². The summed E-state index contributed by atoms with van der Waals surface area (Å²) in [5.74, 6) is 3.07. The molecule has 1 heterocycles. The Kier molecular flexibility index (Phi) is 4.37. The molecule has 14 heavy (non-hydrogen) atoms. The van der Waals surface area contributed by atoms with Gasteiger partial charge >= 0.3 is 0 Å². The van der Waals surface area contributed by atoms with Crippen LogP contribution in [0.25, 0.3) is 0 Å². The first-order valence-corrected chi connectivity index (χ1v) is 4.61. The third kappa shape index (κ3) is 3.73. The summed E-state index contributed by atoms with van der Waals surface area (Å²) >= 11 is 5.75. The van der Waals surface area contributed by atoms with Crippen molar-refractivity contribution in [3.05, 3.63) is 22.7 Å². The fourth-order valence-corrected chi connectivity index (χ4v) is 1.20. The molecule has 0 spiro atoms. The Morgan fingerprint density at radius 2 is 2.36 bits per heavy atom. The molecule has 0 aliphatic heterocycles. The van der Waals surface area contributed by atoms with Crippen molar-refractivity contribution >= 4 is 11.6 Å². The van der Waals surface area contributed by atoms with Gasteiger partial charge in [-0.25, -0.2) is 9.97 Å². The number of terminal acetylenes is 1. The van der Waals surface area contributed by atoms with Crippen molar-refractivity contribution in [1.82, 2.24) is 9.97 Å². The van der Waals surface area contributed by atoms with Crippen LogP contribution in [0.3, 0.4) is 0 Å². The molecule has 0 aromatic carbocycles. The van der Waals surface area contributed by atoms with Crippen LogP contribution in [-0.2, 0) is 11.3 Å². The van der Waals surface area contributed by atoms with E-state index in [0.29, 0.717) is 30.6 Å². The highest BCUT2D eigenvalue weighted by Gasteiger charge is 1.99. The molecule has 1 aromatic heterocycles. The van der Waals surface area contributed by atoms with Crippen LogP contribution in [-0.4, -0.2) is 16.6 Å². The standard InChI is InChI=1S/C10H11ClN2O/c1-3-4-5-14-7-10-12-8(2)6-9(11)13-10/h1,6H,4-5,7H2,2H3. The summed E-state index contributed by atoms with van der Waals surface area (Å²) in [5, 5.41) is 0.438. The number of hydrogen-bond donors (Lipinski definition) is 0. The zero-order valence-electron chi connectivity index (χ0n) is 7.96. The summed E-state index contributed by atoms with van der Waals surface area (Å²) in [5.41, 5.74) is 0.834. The number of aryl methyl sites for hydroxylation is 1. The van der Waals surface area contributed by atoms with Gasteiger partial charge in [-0.3, -0.25) is 0 Å². The summed E-state index contributed by atoms with van der Waals surface area (Å²) in [6.45, 7) is 2.73. The summed E-state index contributed by atoms with van der Waals surface area (Å²) in [4.78, 5) is 8.17. The minimum Gasteiger partial charge on any atom is -0.372 e. The average Bonchev–Trinajstić information content (AvgIpc) is 2.11. The largest absolute Gasteiger partial charge is 0.372 e. The molecular weight excluding hydrogens is 200 g/mol. The number of ether oxygens (including phenoxy) is 1. The van der Waals surface area contributed by atoms with Crippen molar-refractivity contribution < 1.29 is 4.74 Å². The Labute approximate surface area is 88.5 Å². The quantitative estimate of drug-likeness (QED) is 0.433. The first-order chi connectivity index (χ1) is 6.72. The van der Waals surface area contributed by atoms with Gasteiger partial charge in [-0.05, 0) is 13.0 Å². The van der Waals surface area contributed by atoms with E-state index in [1.54, 1.807) is 6.07 Å². The summed E-state index contributed by atoms with van der Waals surface area (Å²) in [6, 6.07) is 1.70. The van der Waals surface area contributed by atoms with Crippen molar-refractivity contribution in [2.75, 3.05) is 6.61 Å². The van der Waals surface area contributed by atoms with Crippen LogP contribution in [0.1, 0.15) is 17.9 Å². The summed E-state index contributed by atoms with van der Waals surface area (Å²) < 4.78 is 5.24. The van der Waals surface area contributed by atoms with Crippen LogP contribution in [0.2, 0.25) is 5.15 Å². The minimum absolute atomic E-state index is 0.350. The smallest absolute Gasteiger partial charge is 0.155 e. The lowest BCUT2D eigenvalue weighted by atomic mass is 10.4. The van der Waals surface area contributed by atoms with Crippen LogP contribution >= 0.6 is 11.6 Å². The number of hydrogen-bond acceptors (Lipinski definition) is 3. The molecule has 74 valence electrons. The van der Waals surface area contributed by atoms with Crippen LogP contribution in [0.5, 0.6) is 0 Å². The predicted molar refractivity (Wildman–Crippen MR) is 54.9 cm³/mol. The molecule has 1 aromatic rings. The van der Waals surface area contributed by atoms with Gasteiger partial charge < -0.3 is 4.74 Å². The fourth-order valence-electron chi connectivity index (χ4n) is 0.948. The number of rotatable bonds is 4. The van der Waals surface area contributed by atoms with Gasteiger partial charge in [0.2, 0.25) is 0 Å². The van der Waals surface area contributed by atoms with Crippen LogP contribution in [0.15, 0.2) is 6.07 Å². The van der Waals surface area contributed by atoms with Crippen molar-refractivity contribution in [2.45, 2.75) is 20.0 Å². The van der Waals surface area contributed by atoms with Crippen molar-refractivity contribution in [2.24, 2.45) is 0 Å². The third-order valence-corrected chi connectivity index (χ3v) is 1.68. The first kappa shape index (κ1) is 11.0. The maximum absolute atomic E-state index is 5.75. The summed E-state index contributed by atoms with van der Waals surface area (Å²) in [6.07, 6.45) is 5.67. The van der Waals surface area contributed by atoms with Gasteiger partial charge in [0.15, 0.2) is 5.82 Å². The average molecular weight is 211 g/mol. The highest BCUT2D eigenvalue weighted by atomic mass is 35.5. The maximum atomic E-state index is 5.75. The highest BCUT2D eigenvalue weighted by Crippen LogP contribution is 2.06. The second-order valence-electron chi connectivity index (χ2n) is 2.75. The molecule has 4 heteroatoms. The molecule has 1 rings (SSSR count). The SMILES string of the molecule is C#CCCOCc1nc(C)cc(Cl)n1. The second-order valence-corrected chi connectivity index (χ2v) is 3.14. The lowest BCUT2D eigenvalue weighted by Crippen LogP contribution is -2.01. The van der Waals surface area contributed by atoms with E-state index in [0.717, 1.165) is 5.69 Å². The molecule has 0 amide bonds. The van der Waals surface area contributed by atoms with Gasteiger partial charge in [-0.2, -0.15) is 0 Å². The van der Waals surface area contributed by atoms with Crippen molar-refractivity contribution in [3.8, 4) is 12.3 Å². The first-order valence-electron chi connectivity index (χ1n) is 4.23. The molecule has 0 N–H and O–H groups in total. The predicted octanol–water partition coefficient (Wildman–Crippen LogP) is 1.98. The molecule has 0 aliphatic rings. The van der Waals surface area contributed by atoms with Gasteiger partial charge in [0.1, 0.15) is 11.8 Å². The molecule has 0 atom stereocenters. The van der Waals surface area contributed by atoms with E-state index in [-0.39, 0.29) is 0 Å². The van der Waals surface area contributed by atoms with Gasteiger partial charge in [0.05, 0.1) is 6.61 Å². The van der Waals surface area contributed by atoms with E-state index >= 15 is 0 Å². The zero-order valence-corrected chi connectivity index (χ0v) is 8.71. The number of halogens is 1. The molecule has 0 saturated heterocycles. The van der Waals surface area contributed by atoms with E-state index in [2.05, 4.69) is 15.9 Å². The van der Waals surface area contributed by atoms with Gasteiger partial charge in [0, 0.05) is 12.1 Å².